The Morgan fingerprint density at radius 3 is 2.45 bits per heavy atom. The average Bonchev–Trinajstić information content (AvgIpc) is 3.28. The lowest BCUT2D eigenvalue weighted by molar-refractivity contribution is 0.0946. The van der Waals surface area contributed by atoms with Crippen LogP contribution in [0.3, 0.4) is 0 Å². The lowest BCUT2D eigenvalue weighted by atomic mass is 10.1. The second-order valence-electron chi connectivity index (χ2n) is 7.47. The second kappa shape index (κ2) is 8.78. The molecule has 0 atom stereocenters. The van der Waals surface area contributed by atoms with Crippen molar-refractivity contribution >= 4 is 23.0 Å². The number of carbonyl (C=O) groups is 1. The SMILES string of the molecule is Cc1cccc(CNC(=O)c2ccc(Nc3ccc(N4CCCC4)cc3)cn2)c1. The summed E-state index contributed by atoms with van der Waals surface area (Å²) in [6.07, 6.45) is 4.24. The molecule has 0 saturated carbocycles. The number of nitrogens with one attached hydrogen (secondary N) is 2. The van der Waals surface area contributed by atoms with Crippen molar-refractivity contribution in [1.82, 2.24) is 10.3 Å². The summed E-state index contributed by atoms with van der Waals surface area (Å²) < 4.78 is 0. The maximum atomic E-state index is 12.3. The third kappa shape index (κ3) is 4.93. The van der Waals surface area contributed by atoms with Crippen molar-refractivity contribution in [2.75, 3.05) is 23.3 Å². The van der Waals surface area contributed by atoms with E-state index in [-0.39, 0.29) is 5.91 Å². The number of carbonyl (C=O) groups excluding carboxylic acids is 1. The van der Waals surface area contributed by atoms with E-state index in [2.05, 4.69) is 50.8 Å². The van der Waals surface area contributed by atoms with Gasteiger partial charge >= 0.3 is 0 Å². The van der Waals surface area contributed by atoms with Gasteiger partial charge in [0.25, 0.3) is 5.91 Å². The molecule has 2 aromatic carbocycles. The molecule has 148 valence electrons. The number of aryl methyl sites for hydroxylation is 1. The fraction of sp³-hybridized carbons (Fsp3) is 0.250. The molecule has 0 bridgehead atoms. The molecule has 3 aromatic rings. The number of hydrogen-bond donors (Lipinski definition) is 2. The van der Waals surface area contributed by atoms with Crippen LogP contribution in [0.1, 0.15) is 34.5 Å². The van der Waals surface area contributed by atoms with Gasteiger partial charge in [0.05, 0.1) is 11.9 Å². The molecule has 29 heavy (non-hydrogen) atoms. The van der Waals surface area contributed by atoms with E-state index in [4.69, 9.17) is 0 Å². The Morgan fingerprint density at radius 1 is 1.00 bits per heavy atom. The van der Waals surface area contributed by atoms with Gasteiger partial charge in [0.1, 0.15) is 5.69 Å². The highest BCUT2D eigenvalue weighted by Gasteiger charge is 2.12. The van der Waals surface area contributed by atoms with Gasteiger partial charge in [0, 0.05) is 31.0 Å². The molecular weight excluding hydrogens is 360 g/mol. The Hall–Kier alpha value is -3.34. The number of anilines is 3. The standard InChI is InChI=1S/C24H26N4O/c1-18-5-4-6-19(15-18)16-26-24(29)23-12-9-21(17-25-23)27-20-7-10-22(11-8-20)28-13-2-3-14-28/h4-12,15,17,27H,2-3,13-14,16H2,1H3,(H,26,29). The summed E-state index contributed by atoms with van der Waals surface area (Å²) in [5.74, 6) is -0.173. The topological polar surface area (TPSA) is 57.3 Å². The summed E-state index contributed by atoms with van der Waals surface area (Å²) in [5.41, 5.74) is 5.80. The Kier molecular flexibility index (Phi) is 5.75. The van der Waals surface area contributed by atoms with Crippen LogP contribution in [0.25, 0.3) is 0 Å². The van der Waals surface area contributed by atoms with Gasteiger partial charge in [0.15, 0.2) is 0 Å². The van der Waals surface area contributed by atoms with E-state index in [0.29, 0.717) is 12.2 Å². The summed E-state index contributed by atoms with van der Waals surface area (Å²) >= 11 is 0. The quantitative estimate of drug-likeness (QED) is 0.647. The first-order valence-corrected chi connectivity index (χ1v) is 10.1. The minimum absolute atomic E-state index is 0.173. The van der Waals surface area contributed by atoms with Crippen molar-refractivity contribution in [3.8, 4) is 0 Å². The maximum absolute atomic E-state index is 12.3. The molecule has 2 heterocycles. The Labute approximate surface area is 171 Å². The first kappa shape index (κ1) is 19.0. The highest BCUT2D eigenvalue weighted by atomic mass is 16.1. The number of rotatable bonds is 6. The number of pyridine rings is 1. The average molecular weight is 386 g/mol. The van der Waals surface area contributed by atoms with Crippen LogP contribution in [0.2, 0.25) is 0 Å². The van der Waals surface area contributed by atoms with Crippen molar-refractivity contribution in [3.05, 3.63) is 83.7 Å². The van der Waals surface area contributed by atoms with Gasteiger partial charge in [-0.2, -0.15) is 0 Å². The summed E-state index contributed by atoms with van der Waals surface area (Å²) in [5, 5.41) is 6.26. The van der Waals surface area contributed by atoms with E-state index < -0.39 is 0 Å². The van der Waals surface area contributed by atoms with Gasteiger partial charge in [0.2, 0.25) is 0 Å². The van der Waals surface area contributed by atoms with Crippen LogP contribution in [0, 0.1) is 6.92 Å². The van der Waals surface area contributed by atoms with Gasteiger partial charge < -0.3 is 15.5 Å². The first-order chi connectivity index (χ1) is 14.2. The molecule has 1 amide bonds. The predicted molar refractivity (Wildman–Crippen MR) is 118 cm³/mol. The van der Waals surface area contributed by atoms with Gasteiger partial charge in [-0.3, -0.25) is 4.79 Å². The van der Waals surface area contributed by atoms with Gasteiger partial charge in [-0.1, -0.05) is 29.8 Å². The molecule has 1 aliphatic heterocycles. The molecule has 4 rings (SSSR count). The Balaban J connectivity index is 1.33. The second-order valence-corrected chi connectivity index (χ2v) is 7.47. The molecule has 0 unspecified atom stereocenters. The van der Waals surface area contributed by atoms with Crippen molar-refractivity contribution in [2.24, 2.45) is 0 Å². The largest absolute Gasteiger partial charge is 0.372 e. The Morgan fingerprint density at radius 2 is 1.76 bits per heavy atom. The predicted octanol–water partition coefficient (Wildman–Crippen LogP) is 4.66. The number of benzene rings is 2. The van der Waals surface area contributed by atoms with E-state index in [1.165, 1.54) is 24.1 Å². The lowest BCUT2D eigenvalue weighted by Gasteiger charge is -2.18. The van der Waals surface area contributed by atoms with E-state index in [9.17, 15) is 4.79 Å². The molecule has 1 aromatic heterocycles. The van der Waals surface area contributed by atoms with Gasteiger partial charge in [-0.25, -0.2) is 4.98 Å². The minimum Gasteiger partial charge on any atom is -0.372 e. The molecule has 1 fully saturated rings. The smallest absolute Gasteiger partial charge is 0.270 e. The molecule has 5 nitrogen and oxygen atoms in total. The van der Waals surface area contributed by atoms with Crippen LogP contribution in [-0.2, 0) is 6.54 Å². The number of amides is 1. The zero-order valence-corrected chi connectivity index (χ0v) is 16.7. The molecule has 0 spiro atoms. The molecule has 5 heteroatoms. The van der Waals surface area contributed by atoms with Crippen LogP contribution in [0.15, 0.2) is 66.9 Å². The van der Waals surface area contributed by atoms with Crippen LogP contribution < -0.4 is 15.5 Å². The molecular formula is C24H26N4O. The van der Waals surface area contributed by atoms with E-state index >= 15 is 0 Å². The van der Waals surface area contributed by atoms with Crippen LogP contribution in [0.4, 0.5) is 17.1 Å². The highest BCUT2D eigenvalue weighted by Crippen LogP contribution is 2.23. The monoisotopic (exact) mass is 386 g/mol. The molecule has 1 aliphatic rings. The zero-order chi connectivity index (χ0) is 20.1. The van der Waals surface area contributed by atoms with E-state index in [1.54, 1.807) is 12.3 Å². The fourth-order valence-corrected chi connectivity index (χ4v) is 3.59. The Bertz CT molecular complexity index is 961. The minimum atomic E-state index is -0.173. The first-order valence-electron chi connectivity index (χ1n) is 10.1. The van der Waals surface area contributed by atoms with Gasteiger partial charge in [-0.15, -0.1) is 0 Å². The molecule has 0 radical (unpaired) electrons. The van der Waals surface area contributed by atoms with Crippen molar-refractivity contribution < 1.29 is 4.79 Å². The van der Waals surface area contributed by atoms with Crippen molar-refractivity contribution in [3.63, 3.8) is 0 Å². The summed E-state index contributed by atoms with van der Waals surface area (Å²) in [6, 6.07) is 20.2. The normalized spacial score (nSPS) is 13.3. The van der Waals surface area contributed by atoms with Crippen molar-refractivity contribution in [1.29, 1.82) is 0 Å². The molecule has 0 aliphatic carbocycles. The molecule has 1 saturated heterocycles. The fourth-order valence-electron chi connectivity index (χ4n) is 3.59. The van der Waals surface area contributed by atoms with Gasteiger partial charge in [-0.05, 0) is 61.7 Å². The summed E-state index contributed by atoms with van der Waals surface area (Å²) in [7, 11) is 0. The van der Waals surface area contributed by atoms with E-state index in [0.717, 1.165) is 30.0 Å². The van der Waals surface area contributed by atoms with Crippen LogP contribution >= 0.6 is 0 Å². The number of hydrogen-bond acceptors (Lipinski definition) is 4. The third-order valence-electron chi connectivity index (χ3n) is 5.16. The third-order valence-corrected chi connectivity index (χ3v) is 5.16. The number of nitrogens with zero attached hydrogens (tertiary/aromatic N) is 2. The maximum Gasteiger partial charge on any atom is 0.270 e. The lowest BCUT2D eigenvalue weighted by Crippen LogP contribution is -2.23. The highest BCUT2D eigenvalue weighted by molar-refractivity contribution is 5.92. The number of aromatic nitrogens is 1. The summed E-state index contributed by atoms with van der Waals surface area (Å²) in [6.45, 7) is 4.82. The van der Waals surface area contributed by atoms with Crippen LogP contribution in [0.5, 0.6) is 0 Å². The van der Waals surface area contributed by atoms with Crippen molar-refractivity contribution in [2.45, 2.75) is 26.3 Å². The molecule has 2 N–H and O–H groups in total. The van der Waals surface area contributed by atoms with E-state index in [1.807, 2.05) is 31.2 Å². The van der Waals surface area contributed by atoms with Crippen LogP contribution in [-0.4, -0.2) is 24.0 Å². The summed E-state index contributed by atoms with van der Waals surface area (Å²) in [4.78, 5) is 19.1. The zero-order valence-electron chi connectivity index (χ0n) is 16.7.